The average Bonchev–Trinajstić information content (AvgIpc) is 3.06. The number of imide groups is 1. The lowest BCUT2D eigenvalue weighted by atomic mass is 9.87. The third-order valence-corrected chi connectivity index (χ3v) is 7.09. The Morgan fingerprint density at radius 1 is 1.06 bits per heavy atom. The third kappa shape index (κ3) is 3.55. The van der Waals surface area contributed by atoms with Gasteiger partial charge in [-0.2, -0.15) is 0 Å². The zero-order chi connectivity index (χ0) is 23.2. The monoisotopic (exact) mass is 441 g/mol. The molecule has 1 saturated heterocycles. The largest absolute Gasteiger partial charge is 0.337 e. The van der Waals surface area contributed by atoms with Crippen LogP contribution in [-0.2, 0) is 21.5 Å². The van der Waals surface area contributed by atoms with Gasteiger partial charge in [-0.3, -0.25) is 14.5 Å². The van der Waals surface area contributed by atoms with Crippen LogP contribution in [0.2, 0.25) is 0 Å². The van der Waals surface area contributed by atoms with E-state index in [-0.39, 0.29) is 18.5 Å². The molecule has 3 aromatic carbocycles. The zero-order valence-corrected chi connectivity index (χ0v) is 18.9. The van der Waals surface area contributed by atoms with Crippen LogP contribution >= 0.6 is 0 Å². The van der Waals surface area contributed by atoms with Gasteiger partial charge in [0.1, 0.15) is 12.1 Å². The number of likely N-dealkylation sites (N-methyl/N-ethyl adjacent to an activating group) is 1. The summed E-state index contributed by atoms with van der Waals surface area (Å²) in [6.45, 7) is 1.42. The van der Waals surface area contributed by atoms with E-state index in [1.165, 1.54) is 5.56 Å². The number of hydrogen-bond acceptors (Lipinski definition) is 3. The van der Waals surface area contributed by atoms with E-state index in [4.69, 9.17) is 0 Å². The Labute approximate surface area is 193 Å². The molecule has 33 heavy (non-hydrogen) atoms. The standard InChI is InChI=1S/C27H27N3O3/c1-27(21-15-14-18-8-3-4-10-20(18)16-21)25(32)30(26(33)28-27)17-24(31)29(2)23-13-7-11-19-9-5-6-12-22(19)23/h3-6,8-10,12,14-16,23H,7,11,13,17H2,1-2H3,(H,28,33). The number of aryl methyl sites for hydroxylation is 1. The van der Waals surface area contributed by atoms with Gasteiger partial charge in [-0.15, -0.1) is 0 Å². The molecule has 2 atom stereocenters. The molecule has 0 radical (unpaired) electrons. The molecule has 1 heterocycles. The summed E-state index contributed by atoms with van der Waals surface area (Å²) in [5, 5.41) is 4.87. The second kappa shape index (κ2) is 8.03. The molecule has 3 aromatic rings. The molecule has 1 fully saturated rings. The Morgan fingerprint density at radius 2 is 1.79 bits per heavy atom. The number of nitrogens with one attached hydrogen (secondary N) is 1. The van der Waals surface area contributed by atoms with Gasteiger partial charge in [-0.1, -0.05) is 60.7 Å². The van der Waals surface area contributed by atoms with Crippen molar-refractivity contribution in [2.45, 2.75) is 37.8 Å². The molecule has 0 aromatic heterocycles. The number of fused-ring (bicyclic) bond motifs is 2. The molecule has 0 spiro atoms. The van der Waals surface area contributed by atoms with E-state index in [0.29, 0.717) is 5.56 Å². The number of benzene rings is 3. The van der Waals surface area contributed by atoms with Gasteiger partial charge in [0.25, 0.3) is 5.91 Å². The van der Waals surface area contributed by atoms with Crippen molar-refractivity contribution in [3.05, 3.63) is 83.4 Å². The second-order valence-corrected chi connectivity index (χ2v) is 9.12. The number of carbonyl (C=O) groups excluding carboxylic acids is 3. The first-order chi connectivity index (χ1) is 15.9. The summed E-state index contributed by atoms with van der Waals surface area (Å²) < 4.78 is 0. The van der Waals surface area contributed by atoms with Crippen molar-refractivity contribution in [1.82, 2.24) is 15.1 Å². The molecule has 1 aliphatic heterocycles. The summed E-state index contributed by atoms with van der Waals surface area (Å²) >= 11 is 0. The minimum atomic E-state index is -1.21. The maximum absolute atomic E-state index is 13.4. The maximum atomic E-state index is 13.4. The first-order valence-corrected chi connectivity index (χ1v) is 11.4. The summed E-state index contributed by atoms with van der Waals surface area (Å²) in [4.78, 5) is 42.1. The molecule has 1 aliphatic carbocycles. The Kier molecular flexibility index (Phi) is 5.16. The first kappa shape index (κ1) is 21.2. The minimum Gasteiger partial charge on any atom is -0.337 e. The van der Waals surface area contributed by atoms with Crippen LogP contribution in [0.1, 0.15) is 42.5 Å². The molecule has 2 unspecified atom stereocenters. The highest BCUT2D eigenvalue weighted by molar-refractivity contribution is 6.09. The van der Waals surface area contributed by atoms with E-state index in [2.05, 4.69) is 17.4 Å². The summed E-state index contributed by atoms with van der Waals surface area (Å²) in [7, 11) is 1.76. The van der Waals surface area contributed by atoms with E-state index in [0.717, 1.165) is 40.5 Å². The zero-order valence-electron chi connectivity index (χ0n) is 18.9. The lowest BCUT2D eigenvalue weighted by Gasteiger charge is -2.34. The van der Waals surface area contributed by atoms with Gasteiger partial charge in [-0.05, 0) is 59.7 Å². The van der Waals surface area contributed by atoms with Crippen LogP contribution in [0.3, 0.4) is 0 Å². The van der Waals surface area contributed by atoms with Crippen molar-refractivity contribution >= 4 is 28.6 Å². The fraction of sp³-hybridized carbons (Fsp3) is 0.296. The van der Waals surface area contributed by atoms with Gasteiger partial charge < -0.3 is 10.2 Å². The molecule has 0 saturated carbocycles. The smallest absolute Gasteiger partial charge is 0.325 e. The number of rotatable bonds is 4. The van der Waals surface area contributed by atoms with Gasteiger partial charge in [0.2, 0.25) is 5.91 Å². The molecule has 6 heteroatoms. The van der Waals surface area contributed by atoms with E-state index in [1.54, 1.807) is 18.9 Å². The van der Waals surface area contributed by atoms with Crippen molar-refractivity contribution in [2.24, 2.45) is 0 Å². The second-order valence-electron chi connectivity index (χ2n) is 9.12. The van der Waals surface area contributed by atoms with Crippen LogP contribution in [0, 0.1) is 0 Å². The van der Waals surface area contributed by atoms with E-state index in [9.17, 15) is 14.4 Å². The molecule has 6 nitrogen and oxygen atoms in total. The van der Waals surface area contributed by atoms with Crippen molar-refractivity contribution in [1.29, 1.82) is 0 Å². The van der Waals surface area contributed by atoms with Gasteiger partial charge >= 0.3 is 6.03 Å². The van der Waals surface area contributed by atoms with Gasteiger partial charge in [-0.25, -0.2) is 4.79 Å². The van der Waals surface area contributed by atoms with Crippen LogP contribution in [0.25, 0.3) is 10.8 Å². The Hall–Kier alpha value is -3.67. The minimum absolute atomic E-state index is 0.0462. The maximum Gasteiger partial charge on any atom is 0.325 e. The number of carbonyl (C=O) groups is 3. The third-order valence-electron chi connectivity index (χ3n) is 7.09. The normalized spacial score (nSPS) is 22.2. The van der Waals surface area contributed by atoms with Crippen LogP contribution < -0.4 is 5.32 Å². The topological polar surface area (TPSA) is 69.7 Å². The summed E-state index contributed by atoms with van der Waals surface area (Å²) in [5.74, 6) is -0.656. The Balaban J connectivity index is 1.36. The van der Waals surface area contributed by atoms with Gasteiger partial charge in [0.05, 0.1) is 6.04 Å². The SMILES string of the molecule is CN(C(=O)CN1C(=O)NC(C)(c2ccc3ccccc3c2)C1=O)C1CCCc2ccccc21. The fourth-order valence-electron chi connectivity index (χ4n) is 5.09. The molecular weight excluding hydrogens is 414 g/mol. The summed E-state index contributed by atoms with van der Waals surface area (Å²) in [6.07, 6.45) is 2.88. The van der Waals surface area contributed by atoms with Gasteiger partial charge in [0, 0.05) is 7.05 Å². The molecule has 5 rings (SSSR count). The summed E-state index contributed by atoms with van der Waals surface area (Å²) in [6, 6.07) is 21.2. The number of amides is 4. The van der Waals surface area contributed by atoms with Crippen LogP contribution in [0.4, 0.5) is 4.79 Å². The molecular formula is C27H27N3O3. The lowest BCUT2D eigenvalue weighted by Crippen LogP contribution is -2.44. The Bertz CT molecular complexity index is 1270. The van der Waals surface area contributed by atoms with Crippen LogP contribution in [-0.4, -0.2) is 41.2 Å². The lowest BCUT2D eigenvalue weighted by molar-refractivity contribution is -0.139. The highest BCUT2D eigenvalue weighted by Crippen LogP contribution is 2.34. The molecule has 2 aliphatic rings. The van der Waals surface area contributed by atoms with E-state index in [1.807, 2.05) is 54.6 Å². The van der Waals surface area contributed by atoms with E-state index >= 15 is 0 Å². The number of nitrogens with zero attached hydrogens (tertiary/aromatic N) is 2. The van der Waals surface area contributed by atoms with Crippen molar-refractivity contribution in [3.8, 4) is 0 Å². The van der Waals surface area contributed by atoms with Crippen LogP contribution in [0.5, 0.6) is 0 Å². The molecule has 4 amide bonds. The number of urea groups is 1. The Morgan fingerprint density at radius 3 is 2.61 bits per heavy atom. The fourth-order valence-corrected chi connectivity index (χ4v) is 5.09. The quantitative estimate of drug-likeness (QED) is 0.619. The van der Waals surface area contributed by atoms with Crippen molar-refractivity contribution < 1.29 is 14.4 Å². The van der Waals surface area contributed by atoms with E-state index < -0.39 is 17.5 Å². The van der Waals surface area contributed by atoms with Crippen molar-refractivity contribution in [2.75, 3.05) is 13.6 Å². The van der Waals surface area contributed by atoms with Crippen molar-refractivity contribution in [3.63, 3.8) is 0 Å². The van der Waals surface area contributed by atoms with Gasteiger partial charge in [0.15, 0.2) is 0 Å². The molecule has 1 N–H and O–H groups in total. The highest BCUT2D eigenvalue weighted by atomic mass is 16.2. The molecule has 168 valence electrons. The average molecular weight is 442 g/mol. The van der Waals surface area contributed by atoms with Crippen LogP contribution in [0.15, 0.2) is 66.7 Å². The highest BCUT2D eigenvalue weighted by Gasteiger charge is 2.50. The predicted octanol–water partition coefficient (Wildman–Crippen LogP) is 4.14. The number of hydrogen-bond donors (Lipinski definition) is 1. The summed E-state index contributed by atoms with van der Waals surface area (Å²) in [5.41, 5.74) is 1.89. The first-order valence-electron chi connectivity index (χ1n) is 11.4. The predicted molar refractivity (Wildman–Crippen MR) is 126 cm³/mol. The molecule has 0 bridgehead atoms.